The van der Waals surface area contributed by atoms with Gasteiger partial charge in [0, 0.05) is 33.2 Å². The maximum Gasteiger partial charge on any atom is 0.190 e. The first-order chi connectivity index (χ1) is 10.4. The summed E-state index contributed by atoms with van der Waals surface area (Å²) in [5.41, 5.74) is 0. The number of thioether (sulfide) groups is 1. The van der Waals surface area contributed by atoms with Crippen LogP contribution in [0, 0.1) is 0 Å². The predicted octanol–water partition coefficient (Wildman–Crippen LogP) is 1.41. The van der Waals surface area contributed by atoms with Gasteiger partial charge in [-0.3, -0.25) is 9.89 Å². The Morgan fingerprint density at radius 3 is 2.38 bits per heavy atom. The van der Waals surface area contributed by atoms with Crippen LogP contribution in [0.3, 0.4) is 0 Å². The molecule has 124 valence electrons. The highest BCUT2D eigenvalue weighted by Gasteiger charge is 2.08. The molecule has 1 heterocycles. The van der Waals surface area contributed by atoms with Crippen LogP contribution in [0.5, 0.6) is 0 Å². The minimum Gasteiger partial charge on any atom is -0.379 e. The van der Waals surface area contributed by atoms with Gasteiger partial charge in [-0.2, -0.15) is 11.8 Å². The molecule has 2 N–H and O–H groups in total. The first kappa shape index (κ1) is 18.6. The van der Waals surface area contributed by atoms with Crippen LogP contribution in [0.2, 0.25) is 0 Å². The summed E-state index contributed by atoms with van der Waals surface area (Å²) in [6.45, 7) is 7.16. The lowest BCUT2D eigenvalue weighted by Crippen LogP contribution is -2.39. The maximum absolute atomic E-state index is 5.36. The molecule has 1 rings (SSSR count). The van der Waals surface area contributed by atoms with Crippen LogP contribution >= 0.6 is 11.8 Å². The van der Waals surface area contributed by atoms with Crippen LogP contribution in [0.4, 0.5) is 0 Å². The fourth-order valence-electron chi connectivity index (χ4n) is 2.29. The zero-order valence-electron chi connectivity index (χ0n) is 13.7. The molecule has 0 amide bonds. The zero-order valence-corrected chi connectivity index (χ0v) is 14.5. The minimum absolute atomic E-state index is 0.894. The van der Waals surface area contributed by atoms with E-state index in [1.807, 2.05) is 18.8 Å². The standard InChI is InChI=1S/C15H32N4OS/c1-16-15(18-8-4-6-14-21-2)17-7-3-5-9-19-10-12-20-13-11-19/h3-14H2,1-2H3,(H2,16,17,18). The Morgan fingerprint density at radius 2 is 1.76 bits per heavy atom. The Balaban J connectivity index is 1.94. The van der Waals surface area contributed by atoms with Gasteiger partial charge in [-0.1, -0.05) is 0 Å². The van der Waals surface area contributed by atoms with Gasteiger partial charge in [0.2, 0.25) is 0 Å². The molecule has 0 aliphatic carbocycles. The van der Waals surface area contributed by atoms with Gasteiger partial charge in [0.05, 0.1) is 13.2 Å². The largest absolute Gasteiger partial charge is 0.379 e. The summed E-state index contributed by atoms with van der Waals surface area (Å²) in [6, 6.07) is 0. The normalized spacial score (nSPS) is 17.0. The van der Waals surface area contributed by atoms with Crippen LogP contribution in [0.15, 0.2) is 4.99 Å². The quantitative estimate of drug-likeness (QED) is 0.362. The van der Waals surface area contributed by atoms with Gasteiger partial charge in [-0.25, -0.2) is 0 Å². The maximum atomic E-state index is 5.36. The Labute approximate surface area is 134 Å². The smallest absolute Gasteiger partial charge is 0.190 e. The highest BCUT2D eigenvalue weighted by atomic mass is 32.2. The lowest BCUT2D eigenvalue weighted by atomic mass is 10.2. The Bertz CT molecular complexity index is 270. The van der Waals surface area contributed by atoms with Crippen molar-refractivity contribution in [2.45, 2.75) is 25.7 Å². The average Bonchev–Trinajstić information content (AvgIpc) is 2.53. The van der Waals surface area contributed by atoms with E-state index in [4.69, 9.17) is 4.74 Å². The second-order valence-electron chi connectivity index (χ2n) is 5.29. The number of nitrogens with one attached hydrogen (secondary N) is 2. The van der Waals surface area contributed by atoms with Gasteiger partial charge in [-0.05, 0) is 44.2 Å². The van der Waals surface area contributed by atoms with Gasteiger partial charge in [0.25, 0.3) is 0 Å². The first-order valence-electron chi connectivity index (χ1n) is 8.10. The minimum atomic E-state index is 0.894. The summed E-state index contributed by atoms with van der Waals surface area (Å²) >= 11 is 1.91. The van der Waals surface area contributed by atoms with E-state index < -0.39 is 0 Å². The van der Waals surface area contributed by atoms with Crippen molar-refractivity contribution in [2.24, 2.45) is 4.99 Å². The lowest BCUT2D eigenvalue weighted by molar-refractivity contribution is 0.0372. The number of unbranched alkanes of at least 4 members (excludes halogenated alkanes) is 2. The molecular formula is C15H32N4OS. The Hall–Kier alpha value is -0.460. The summed E-state index contributed by atoms with van der Waals surface area (Å²) < 4.78 is 5.36. The third-order valence-corrected chi connectivity index (χ3v) is 4.29. The van der Waals surface area contributed by atoms with E-state index in [1.165, 1.54) is 38.0 Å². The third-order valence-electron chi connectivity index (χ3n) is 3.59. The molecule has 1 saturated heterocycles. The van der Waals surface area contributed by atoms with Gasteiger partial charge >= 0.3 is 0 Å². The second-order valence-corrected chi connectivity index (χ2v) is 6.27. The molecule has 0 spiro atoms. The molecule has 1 fully saturated rings. The van der Waals surface area contributed by atoms with Crippen LogP contribution < -0.4 is 10.6 Å². The number of morpholine rings is 1. The molecule has 0 aromatic carbocycles. The molecule has 0 aromatic rings. The van der Waals surface area contributed by atoms with E-state index in [0.717, 1.165) is 45.4 Å². The molecule has 0 atom stereocenters. The van der Waals surface area contributed by atoms with E-state index >= 15 is 0 Å². The third kappa shape index (κ3) is 9.98. The predicted molar refractivity (Wildman–Crippen MR) is 93.5 cm³/mol. The molecule has 0 unspecified atom stereocenters. The fourth-order valence-corrected chi connectivity index (χ4v) is 2.78. The summed E-state index contributed by atoms with van der Waals surface area (Å²) in [4.78, 5) is 6.74. The molecule has 0 aromatic heterocycles. The van der Waals surface area contributed by atoms with E-state index in [-0.39, 0.29) is 0 Å². The first-order valence-corrected chi connectivity index (χ1v) is 9.49. The summed E-state index contributed by atoms with van der Waals surface area (Å²) in [7, 11) is 1.84. The van der Waals surface area contributed by atoms with Crippen molar-refractivity contribution in [1.29, 1.82) is 0 Å². The zero-order chi connectivity index (χ0) is 15.2. The van der Waals surface area contributed by atoms with Gasteiger partial charge in [-0.15, -0.1) is 0 Å². The van der Waals surface area contributed by atoms with Crippen LogP contribution in [-0.2, 0) is 4.74 Å². The molecule has 1 aliphatic rings. The van der Waals surface area contributed by atoms with Gasteiger partial charge < -0.3 is 15.4 Å². The van der Waals surface area contributed by atoms with E-state index in [1.54, 1.807) is 0 Å². The molecule has 0 saturated carbocycles. The molecule has 1 aliphatic heterocycles. The summed E-state index contributed by atoms with van der Waals surface area (Å²) in [5, 5.41) is 6.76. The van der Waals surface area contributed by atoms with Crippen LogP contribution in [0.25, 0.3) is 0 Å². The van der Waals surface area contributed by atoms with Crippen LogP contribution in [-0.4, -0.2) is 75.9 Å². The van der Waals surface area contributed by atoms with E-state index in [0.29, 0.717) is 0 Å². The van der Waals surface area contributed by atoms with Crippen molar-refractivity contribution in [3.8, 4) is 0 Å². The number of aliphatic imine (C=N–C) groups is 1. The average molecular weight is 317 g/mol. The fraction of sp³-hybridized carbons (Fsp3) is 0.933. The van der Waals surface area contributed by atoms with Crippen molar-refractivity contribution in [3.05, 3.63) is 0 Å². The van der Waals surface area contributed by atoms with E-state index in [9.17, 15) is 0 Å². The number of guanidine groups is 1. The van der Waals surface area contributed by atoms with Gasteiger partial charge in [0.15, 0.2) is 5.96 Å². The lowest BCUT2D eigenvalue weighted by Gasteiger charge is -2.26. The number of ether oxygens (including phenoxy) is 1. The highest BCUT2D eigenvalue weighted by molar-refractivity contribution is 7.98. The van der Waals surface area contributed by atoms with Crippen molar-refractivity contribution in [3.63, 3.8) is 0 Å². The van der Waals surface area contributed by atoms with Crippen LogP contribution in [0.1, 0.15) is 25.7 Å². The molecular weight excluding hydrogens is 284 g/mol. The van der Waals surface area contributed by atoms with E-state index in [2.05, 4.69) is 26.8 Å². The van der Waals surface area contributed by atoms with Gasteiger partial charge in [0.1, 0.15) is 0 Å². The molecule has 21 heavy (non-hydrogen) atoms. The van der Waals surface area contributed by atoms with Crippen molar-refractivity contribution < 1.29 is 4.74 Å². The van der Waals surface area contributed by atoms with Crippen molar-refractivity contribution in [1.82, 2.24) is 15.5 Å². The molecule has 6 heteroatoms. The SMILES string of the molecule is CN=C(NCCCCSC)NCCCCN1CCOCC1. The summed E-state index contributed by atoms with van der Waals surface area (Å²) in [6.07, 6.45) is 7.05. The Kier molecular flexibility index (Phi) is 11.7. The topological polar surface area (TPSA) is 48.9 Å². The summed E-state index contributed by atoms with van der Waals surface area (Å²) in [5.74, 6) is 2.18. The number of hydrogen-bond acceptors (Lipinski definition) is 4. The molecule has 0 bridgehead atoms. The highest BCUT2D eigenvalue weighted by Crippen LogP contribution is 1.99. The number of rotatable bonds is 10. The molecule has 5 nitrogen and oxygen atoms in total. The van der Waals surface area contributed by atoms with Crippen molar-refractivity contribution >= 4 is 17.7 Å². The number of hydrogen-bond donors (Lipinski definition) is 2. The Morgan fingerprint density at radius 1 is 1.10 bits per heavy atom. The second kappa shape index (κ2) is 13.2. The van der Waals surface area contributed by atoms with Crippen molar-refractivity contribution in [2.75, 3.05) is 65.0 Å². The monoisotopic (exact) mass is 316 g/mol. The number of nitrogens with zero attached hydrogens (tertiary/aromatic N) is 2. The molecule has 0 radical (unpaired) electrons.